The maximum Gasteiger partial charge on any atom is 0.228 e. The lowest BCUT2D eigenvalue weighted by Gasteiger charge is -2.02. The van der Waals surface area contributed by atoms with Gasteiger partial charge < -0.3 is 10.3 Å². The summed E-state index contributed by atoms with van der Waals surface area (Å²) in [5, 5.41) is 2.87. The molecule has 0 amide bonds. The summed E-state index contributed by atoms with van der Waals surface area (Å²) in [7, 11) is -3.19. The molecular formula is C8H15N3O3S. The lowest BCUT2D eigenvalue weighted by atomic mass is 10.2. The number of aromatic nitrogens is 2. The van der Waals surface area contributed by atoms with E-state index >= 15 is 0 Å². The van der Waals surface area contributed by atoms with Crippen LogP contribution in [0, 0.1) is 0 Å². The number of rotatable bonds is 4. The highest BCUT2D eigenvalue weighted by Gasteiger charge is 2.23. The van der Waals surface area contributed by atoms with Crippen LogP contribution >= 0.6 is 0 Å². The van der Waals surface area contributed by atoms with Crippen molar-refractivity contribution < 1.29 is 12.9 Å². The Bertz CT molecular complexity index is 424. The largest absolute Gasteiger partial charge is 0.339 e. The van der Waals surface area contributed by atoms with Crippen LogP contribution in [0.15, 0.2) is 4.52 Å². The van der Waals surface area contributed by atoms with E-state index in [1.807, 2.05) is 6.92 Å². The van der Waals surface area contributed by atoms with Crippen LogP contribution < -0.4 is 5.73 Å². The van der Waals surface area contributed by atoms with Gasteiger partial charge >= 0.3 is 0 Å². The fourth-order valence-corrected chi connectivity index (χ4v) is 1.46. The Morgan fingerprint density at radius 3 is 2.53 bits per heavy atom. The molecule has 86 valence electrons. The number of nitrogens with zero attached hydrogens (tertiary/aromatic N) is 2. The minimum absolute atomic E-state index is 0.0909. The van der Waals surface area contributed by atoms with E-state index < -0.39 is 15.1 Å². The molecule has 1 rings (SSSR count). The Labute approximate surface area is 88.8 Å². The van der Waals surface area contributed by atoms with Crippen LogP contribution in [0.1, 0.15) is 30.8 Å². The second kappa shape index (κ2) is 4.28. The zero-order valence-electron chi connectivity index (χ0n) is 8.97. The molecule has 0 radical (unpaired) electrons. The molecule has 0 spiro atoms. The molecule has 0 aromatic carbocycles. The first-order chi connectivity index (χ1) is 6.80. The highest BCUT2D eigenvalue weighted by molar-refractivity contribution is 7.90. The first-order valence-corrected chi connectivity index (χ1v) is 6.53. The third-order valence-electron chi connectivity index (χ3n) is 1.99. The Kier molecular flexibility index (Phi) is 3.46. The van der Waals surface area contributed by atoms with Crippen molar-refractivity contribution in [3.8, 4) is 0 Å². The van der Waals surface area contributed by atoms with Crippen molar-refractivity contribution in [3.05, 3.63) is 11.7 Å². The van der Waals surface area contributed by atoms with Crippen molar-refractivity contribution in [2.75, 3.05) is 6.26 Å². The van der Waals surface area contributed by atoms with E-state index in [0.29, 0.717) is 12.3 Å². The third-order valence-corrected chi connectivity index (χ3v) is 3.48. The Balaban J connectivity index is 2.85. The molecule has 1 heterocycles. The van der Waals surface area contributed by atoms with Gasteiger partial charge in [0, 0.05) is 18.7 Å². The van der Waals surface area contributed by atoms with Crippen molar-refractivity contribution in [1.82, 2.24) is 10.1 Å². The normalized spacial score (nSPS) is 16.3. The standard InChI is InChI=1S/C8H15N3O3S/c1-5(9)4-7-10-8(11-14-7)6(2)15(3,12)13/h5-6H,4,9H2,1-3H3. The van der Waals surface area contributed by atoms with Crippen LogP contribution in [-0.4, -0.2) is 30.9 Å². The van der Waals surface area contributed by atoms with Gasteiger partial charge in [0.1, 0.15) is 5.25 Å². The van der Waals surface area contributed by atoms with Gasteiger partial charge in [-0.05, 0) is 13.8 Å². The first kappa shape index (κ1) is 12.1. The highest BCUT2D eigenvalue weighted by Crippen LogP contribution is 2.17. The minimum Gasteiger partial charge on any atom is -0.339 e. The highest BCUT2D eigenvalue weighted by atomic mass is 32.2. The minimum atomic E-state index is -3.19. The van der Waals surface area contributed by atoms with Gasteiger partial charge in [-0.2, -0.15) is 4.98 Å². The molecule has 6 nitrogen and oxygen atoms in total. The number of hydrogen-bond acceptors (Lipinski definition) is 6. The van der Waals surface area contributed by atoms with Crippen LogP contribution in [0.4, 0.5) is 0 Å². The zero-order chi connectivity index (χ0) is 11.6. The van der Waals surface area contributed by atoms with Crippen LogP contribution in [0.3, 0.4) is 0 Å². The molecule has 0 aliphatic rings. The number of hydrogen-bond donors (Lipinski definition) is 1. The fraction of sp³-hybridized carbons (Fsp3) is 0.750. The smallest absolute Gasteiger partial charge is 0.228 e. The lowest BCUT2D eigenvalue weighted by molar-refractivity contribution is 0.366. The van der Waals surface area contributed by atoms with Crippen LogP contribution in [0.2, 0.25) is 0 Å². The van der Waals surface area contributed by atoms with E-state index in [1.165, 1.54) is 6.92 Å². The summed E-state index contributed by atoms with van der Waals surface area (Å²) in [5.74, 6) is 0.559. The van der Waals surface area contributed by atoms with Gasteiger partial charge in [-0.3, -0.25) is 0 Å². The van der Waals surface area contributed by atoms with Crippen LogP contribution in [-0.2, 0) is 16.3 Å². The van der Waals surface area contributed by atoms with Gasteiger partial charge in [-0.25, -0.2) is 8.42 Å². The zero-order valence-corrected chi connectivity index (χ0v) is 9.78. The maximum absolute atomic E-state index is 11.2. The second-order valence-electron chi connectivity index (χ2n) is 3.70. The van der Waals surface area contributed by atoms with Gasteiger partial charge in [0.25, 0.3) is 0 Å². The van der Waals surface area contributed by atoms with Crippen molar-refractivity contribution in [2.45, 2.75) is 31.6 Å². The summed E-state index contributed by atoms with van der Waals surface area (Å²) in [6.07, 6.45) is 1.59. The van der Waals surface area contributed by atoms with Crippen LogP contribution in [0.25, 0.3) is 0 Å². The van der Waals surface area contributed by atoms with E-state index in [0.717, 1.165) is 6.26 Å². The van der Waals surface area contributed by atoms with E-state index in [1.54, 1.807) is 0 Å². The average Bonchev–Trinajstić information content (AvgIpc) is 2.48. The Hall–Kier alpha value is -0.950. The average molecular weight is 233 g/mol. The Morgan fingerprint density at radius 1 is 1.47 bits per heavy atom. The summed E-state index contributed by atoms with van der Waals surface area (Å²) in [6.45, 7) is 3.33. The van der Waals surface area contributed by atoms with E-state index in [-0.39, 0.29) is 11.9 Å². The van der Waals surface area contributed by atoms with Gasteiger partial charge in [0.2, 0.25) is 5.89 Å². The fourth-order valence-electron chi connectivity index (χ4n) is 0.983. The molecule has 7 heteroatoms. The first-order valence-electron chi connectivity index (χ1n) is 4.57. The quantitative estimate of drug-likeness (QED) is 0.789. The summed E-state index contributed by atoms with van der Waals surface area (Å²) < 4.78 is 27.3. The summed E-state index contributed by atoms with van der Waals surface area (Å²) in [4.78, 5) is 3.98. The molecule has 0 bridgehead atoms. The summed E-state index contributed by atoms with van der Waals surface area (Å²) in [6, 6.07) is -0.0909. The molecule has 0 saturated heterocycles. The lowest BCUT2D eigenvalue weighted by Crippen LogP contribution is -2.18. The number of nitrogens with two attached hydrogens (primary N) is 1. The van der Waals surface area contributed by atoms with Crippen LogP contribution in [0.5, 0.6) is 0 Å². The molecule has 0 aliphatic carbocycles. The van der Waals surface area contributed by atoms with E-state index in [9.17, 15) is 8.42 Å². The van der Waals surface area contributed by atoms with Crippen molar-refractivity contribution in [3.63, 3.8) is 0 Å². The van der Waals surface area contributed by atoms with Gasteiger partial charge in [-0.15, -0.1) is 0 Å². The topological polar surface area (TPSA) is 99.1 Å². The molecule has 2 N–H and O–H groups in total. The molecular weight excluding hydrogens is 218 g/mol. The SMILES string of the molecule is CC(N)Cc1nc(C(C)S(C)(=O)=O)no1. The predicted octanol–water partition coefficient (Wildman–Crippen LogP) is 0.0649. The molecule has 2 atom stereocenters. The van der Waals surface area contributed by atoms with Gasteiger partial charge in [0.05, 0.1) is 0 Å². The molecule has 1 aromatic rings. The second-order valence-corrected chi connectivity index (χ2v) is 6.07. The monoisotopic (exact) mass is 233 g/mol. The van der Waals surface area contributed by atoms with Gasteiger partial charge in [0.15, 0.2) is 15.7 Å². The third kappa shape index (κ3) is 3.28. The molecule has 15 heavy (non-hydrogen) atoms. The molecule has 0 fully saturated rings. The number of sulfone groups is 1. The molecule has 0 saturated carbocycles. The van der Waals surface area contributed by atoms with Crippen molar-refractivity contribution >= 4 is 9.84 Å². The van der Waals surface area contributed by atoms with Gasteiger partial charge in [-0.1, -0.05) is 5.16 Å². The summed E-state index contributed by atoms with van der Waals surface area (Å²) in [5.41, 5.74) is 5.55. The van der Waals surface area contributed by atoms with Crippen molar-refractivity contribution in [1.29, 1.82) is 0 Å². The molecule has 0 aliphatic heterocycles. The summed E-state index contributed by atoms with van der Waals surface area (Å²) >= 11 is 0. The Morgan fingerprint density at radius 2 is 2.07 bits per heavy atom. The maximum atomic E-state index is 11.2. The van der Waals surface area contributed by atoms with E-state index in [2.05, 4.69) is 10.1 Å². The van der Waals surface area contributed by atoms with E-state index in [4.69, 9.17) is 10.3 Å². The predicted molar refractivity (Wildman–Crippen MR) is 54.9 cm³/mol. The van der Waals surface area contributed by atoms with Crippen molar-refractivity contribution in [2.24, 2.45) is 5.73 Å². The molecule has 2 unspecified atom stereocenters. The molecule has 1 aromatic heterocycles.